The standard InChI is InChI=1S/C9H16O2/c1-2-3-5-9(8-11-9)6-4-7-10/h7H,2-6,8H2,1H3/t9-/m0/s1. The predicted molar refractivity (Wildman–Crippen MR) is 43.5 cm³/mol. The zero-order valence-electron chi connectivity index (χ0n) is 7.14. The number of epoxide rings is 1. The number of aldehydes is 1. The van der Waals surface area contributed by atoms with Crippen molar-refractivity contribution in [3.63, 3.8) is 0 Å². The molecule has 2 heteroatoms. The molecule has 64 valence electrons. The van der Waals surface area contributed by atoms with Crippen LogP contribution < -0.4 is 0 Å². The van der Waals surface area contributed by atoms with Crippen LogP contribution in [0.25, 0.3) is 0 Å². The van der Waals surface area contributed by atoms with Crippen LogP contribution in [0.3, 0.4) is 0 Å². The van der Waals surface area contributed by atoms with Crippen molar-refractivity contribution < 1.29 is 9.53 Å². The average Bonchev–Trinajstić information content (AvgIpc) is 2.79. The molecule has 1 aliphatic heterocycles. The summed E-state index contributed by atoms with van der Waals surface area (Å²) in [7, 11) is 0. The van der Waals surface area contributed by atoms with Gasteiger partial charge in [-0.25, -0.2) is 0 Å². The molecule has 0 saturated carbocycles. The van der Waals surface area contributed by atoms with Crippen LogP contribution >= 0.6 is 0 Å². The van der Waals surface area contributed by atoms with Crippen molar-refractivity contribution in [2.24, 2.45) is 0 Å². The molecule has 0 aromatic rings. The lowest BCUT2D eigenvalue weighted by Gasteiger charge is -2.07. The van der Waals surface area contributed by atoms with Gasteiger partial charge in [0.05, 0.1) is 12.2 Å². The van der Waals surface area contributed by atoms with Crippen molar-refractivity contribution in [3.8, 4) is 0 Å². The minimum Gasteiger partial charge on any atom is -0.370 e. The molecule has 0 aromatic heterocycles. The van der Waals surface area contributed by atoms with Gasteiger partial charge in [0, 0.05) is 6.42 Å². The molecule has 0 N–H and O–H groups in total. The van der Waals surface area contributed by atoms with Gasteiger partial charge in [-0.05, 0) is 12.8 Å². The van der Waals surface area contributed by atoms with Crippen LogP contribution in [0.15, 0.2) is 0 Å². The molecule has 0 radical (unpaired) electrons. The van der Waals surface area contributed by atoms with Gasteiger partial charge in [-0.1, -0.05) is 19.8 Å². The maximum absolute atomic E-state index is 10.1. The molecular weight excluding hydrogens is 140 g/mol. The van der Waals surface area contributed by atoms with E-state index < -0.39 is 0 Å². The second kappa shape index (κ2) is 3.86. The molecule has 0 aromatic carbocycles. The fourth-order valence-electron chi connectivity index (χ4n) is 1.34. The molecule has 0 bridgehead atoms. The van der Waals surface area contributed by atoms with Crippen molar-refractivity contribution in [2.75, 3.05) is 6.61 Å². The lowest BCUT2D eigenvalue weighted by atomic mass is 9.98. The molecule has 1 heterocycles. The third-order valence-electron chi connectivity index (χ3n) is 2.26. The van der Waals surface area contributed by atoms with E-state index in [-0.39, 0.29) is 5.60 Å². The van der Waals surface area contributed by atoms with Crippen LogP contribution in [-0.4, -0.2) is 18.5 Å². The highest BCUT2D eigenvalue weighted by atomic mass is 16.6. The zero-order valence-corrected chi connectivity index (χ0v) is 7.14. The van der Waals surface area contributed by atoms with E-state index in [2.05, 4.69) is 6.92 Å². The number of hydrogen-bond donors (Lipinski definition) is 0. The largest absolute Gasteiger partial charge is 0.370 e. The third kappa shape index (κ3) is 2.62. The Morgan fingerprint density at radius 1 is 1.55 bits per heavy atom. The Hall–Kier alpha value is -0.370. The number of unbranched alkanes of at least 4 members (excludes halogenated alkanes) is 1. The summed E-state index contributed by atoms with van der Waals surface area (Å²) in [5.74, 6) is 0. The Kier molecular flexibility index (Phi) is 3.06. The molecule has 1 saturated heterocycles. The fraction of sp³-hybridized carbons (Fsp3) is 0.889. The lowest BCUT2D eigenvalue weighted by molar-refractivity contribution is -0.108. The van der Waals surface area contributed by atoms with Crippen molar-refractivity contribution in [3.05, 3.63) is 0 Å². The van der Waals surface area contributed by atoms with Crippen LogP contribution in [0.1, 0.15) is 39.0 Å². The lowest BCUT2D eigenvalue weighted by Crippen LogP contribution is -2.10. The number of hydrogen-bond acceptors (Lipinski definition) is 2. The Labute approximate surface area is 67.9 Å². The first-order valence-corrected chi connectivity index (χ1v) is 4.40. The van der Waals surface area contributed by atoms with Gasteiger partial charge in [0.1, 0.15) is 6.29 Å². The van der Waals surface area contributed by atoms with E-state index in [1.807, 2.05) is 0 Å². The highest BCUT2D eigenvalue weighted by molar-refractivity contribution is 5.49. The summed E-state index contributed by atoms with van der Waals surface area (Å²) in [5.41, 5.74) is 0.122. The molecule has 1 rings (SSSR count). The van der Waals surface area contributed by atoms with Gasteiger partial charge in [0.2, 0.25) is 0 Å². The smallest absolute Gasteiger partial charge is 0.120 e. The zero-order chi connectivity index (χ0) is 8.16. The van der Waals surface area contributed by atoms with Gasteiger partial charge in [-0.3, -0.25) is 0 Å². The Balaban J connectivity index is 2.12. The molecule has 2 nitrogen and oxygen atoms in total. The average molecular weight is 156 g/mol. The van der Waals surface area contributed by atoms with Gasteiger partial charge in [0.15, 0.2) is 0 Å². The van der Waals surface area contributed by atoms with Crippen molar-refractivity contribution >= 4 is 6.29 Å². The molecule has 11 heavy (non-hydrogen) atoms. The first-order valence-electron chi connectivity index (χ1n) is 4.40. The van der Waals surface area contributed by atoms with Crippen molar-refractivity contribution in [1.29, 1.82) is 0 Å². The molecule has 1 fully saturated rings. The first kappa shape index (κ1) is 8.72. The summed E-state index contributed by atoms with van der Waals surface area (Å²) in [5, 5.41) is 0. The Morgan fingerprint density at radius 2 is 2.27 bits per heavy atom. The second-order valence-electron chi connectivity index (χ2n) is 3.28. The molecule has 0 unspecified atom stereocenters. The summed E-state index contributed by atoms with van der Waals surface area (Å²) in [6.45, 7) is 3.05. The maximum Gasteiger partial charge on any atom is 0.120 e. The number of rotatable bonds is 6. The highest BCUT2D eigenvalue weighted by Gasteiger charge is 2.42. The van der Waals surface area contributed by atoms with E-state index in [0.29, 0.717) is 6.42 Å². The maximum atomic E-state index is 10.1. The van der Waals surface area contributed by atoms with E-state index in [9.17, 15) is 4.79 Å². The summed E-state index contributed by atoms with van der Waals surface area (Å²) in [6, 6.07) is 0. The molecule has 0 amide bonds. The summed E-state index contributed by atoms with van der Waals surface area (Å²) < 4.78 is 5.34. The minimum atomic E-state index is 0.122. The van der Waals surface area contributed by atoms with Gasteiger partial charge in [-0.15, -0.1) is 0 Å². The van der Waals surface area contributed by atoms with E-state index in [1.165, 1.54) is 12.8 Å². The summed E-state index contributed by atoms with van der Waals surface area (Å²) in [4.78, 5) is 10.1. The van der Waals surface area contributed by atoms with Crippen LogP contribution in [0.2, 0.25) is 0 Å². The Morgan fingerprint density at radius 3 is 2.73 bits per heavy atom. The molecule has 0 spiro atoms. The van der Waals surface area contributed by atoms with Crippen LogP contribution in [0.4, 0.5) is 0 Å². The topological polar surface area (TPSA) is 29.6 Å². The van der Waals surface area contributed by atoms with Gasteiger partial charge in [-0.2, -0.15) is 0 Å². The summed E-state index contributed by atoms with van der Waals surface area (Å²) in [6.07, 6.45) is 6.14. The quantitative estimate of drug-likeness (QED) is 0.434. The van der Waals surface area contributed by atoms with Crippen molar-refractivity contribution in [2.45, 2.75) is 44.6 Å². The molecule has 1 aliphatic rings. The van der Waals surface area contributed by atoms with Crippen LogP contribution in [0.5, 0.6) is 0 Å². The predicted octanol–water partition coefficient (Wildman–Crippen LogP) is 1.92. The SMILES string of the molecule is CCCC[C@]1(CCC=O)CO1. The fourth-order valence-corrected chi connectivity index (χ4v) is 1.34. The summed E-state index contributed by atoms with van der Waals surface area (Å²) >= 11 is 0. The third-order valence-corrected chi connectivity index (χ3v) is 2.26. The van der Waals surface area contributed by atoms with E-state index in [0.717, 1.165) is 25.7 Å². The first-order chi connectivity index (χ1) is 5.33. The molecule has 1 atom stereocenters. The van der Waals surface area contributed by atoms with Gasteiger partial charge >= 0.3 is 0 Å². The van der Waals surface area contributed by atoms with Crippen LogP contribution in [-0.2, 0) is 9.53 Å². The monoisotopic (exact) mass is 156 g/mol. The van der Waals surface area contributed by atoms with Crippen molar-refractivity contribution in [1.82, 2.24) is 0 Å². The highest BCUT2D eigenvalue weighted by Crippen LogP contribution is 2.36. The van der Waals surface area contributed by atoms with Gasteiger partial charge in [0.25, 0.3) is 0 Å². The van der Waals surface area contributed by atoms with E-state index >= 15 is 0 Å². The number of carbonyl (C=O) groups excluding carboxylic acids is 1. The minimum absolute atomic E-state index is 0.122. The Bertz CT molecular complexity index is 128. The molecular formula is C9H16O2. The van der Waals surface area contributed by atoms with E-state index in [4.69, 9.17) is 4.74 Å². The van der Waals surface area contributed by atoms with Gasteiger partial charge < -0.3 is 9.53 Å². The second-order valence-corrected chi connectivity index (χ2v) is 3.28. The number of ether oxygens (including phenoxy) is 1. The normalized spacial score (nSPS) is 28.5. The molecule has 0 aliphatic carbocycles. The number of carbonyl (C=O) groups is 1. The van der Waals surface area contributed by atoms with Crippen LogP contribution in [0, 0.1) is 0 Å². The van der Waals surface area contributed by atoms with E-state index in [1.54, 1.807) is 0 Å².